The number of fused-ring (bicyclic) bond motifs is 3. The number of hydrogen-bond acceptors (Lipinski definition) is 5. The number of aliphatic hydroxyl groups excluding tert-OH is 1. The standard InChI is InChI=1S/C26H37N3O5/c30-15-23-25-21(13-19(33-23)14-24(31)27-16-6-2-1-3-7-16)20-12-18(10-11-22(20)34-25)29-26(32)28-17-8-4-5-9-17/h10-12,16-17,19,21,23,25,30H,1-9,13-15H2,(H,27,31)(H2,28,29,32)/t19-,21+,23+,25-/m1/s1. The van der Waals surface area contributed by atoms with Crippen molar-refractivity contribution in [1.82, 2.24) is 10.6 Å². The highest BCUT2D eigenvalue weighted by molar-refractivity contribution is 5.89. The Hall–Kier alpha value is -2.32. The van der Waals surface area contributed by atoms with Crippen molar-refractivity contribution in [3.05, 3.63) is 23.8 Å². The Balaban J connectivity index is 1.23. The maximum absolute atomic E-state index is 12.7. The first-order chi connectivity index (χ1) is 16.6. The molecular formula is C26H37N3O5. The second kappa shape index (κ2) is 10.5. The molecule has 4 N–H and O–H groups in total. The van der Waals surface area contributed by atoms with Crippen LogP contribution in [-0.4, -0.2) is 54.0 Å². The van der Waals surface area contributed by atoms with Crippen LogP contribution >= 0.6 is 0 Å². The van der Waals surface area contributed by atoms with Crippen molar-refractivity contribution < 1.29 is 24.2 Å². The van der Waals surface area contributed by atoms with Crippen molar-refractivity contribution in [2.24, 2.45) is 0 Å². The van der Waals surface area contributed by atoms with Gasteiger partial charge in [-0.1, -0.05) is 32.1 Å². The van der Waals surface area contributed by atoms with Crippen LogP contribution in [-0.2, 0) is 9.53 Å². The van der Waals surface area contributed by atoms with Gasteiger partial charge in [-0.2, -0.15) is 0 Å². The third-order valence-electron chi connectivity index (χ3n) is 7.83. The van der Waals surface area contributed by atoms with Crippen molar-refractivity contribution in [2.45, 2.75) is 107 Å². The van der Waals surface area contributed by atoms with E-state index in [1.165, 1.54) is 19.3 Å². The number of urea groups is 1. The number of carbonyl (C=O) groups is 2. The van der Waals surface area contributed by atoms with E-state index in [0.29, 0.717) is 6.42 Å². The minimum atomic E-state index is -0.485. The molecule has 3 amide bonds. The Morgan fingerprint density at radius 1 is 0.971 bits per heavy atom. The highest BCUT2D eigenvalue weighted by Gasteiger charge is 2.46. The zero-order valence-corrected chi connectivity index (χ0v) is 19.8. The summed E-state index contributed by atoms with van der Waals surface area (Å²) in [6.07, 6.45) is 9.96. The molecule has 1 aromatic rings. The van der Waals surface area contributed by atoms with Crippen LogP contribution in [0.3, 0.4) is 0 Å². The van der Waals surface area contributed by atoms with Gasteiger partial charge in [0.15, 0.2) is 0 Å². The molecule has 2 saturated carbocycles. The second-order valence-electron chi connectivity index (χ2n) is 10.3. The Morgan fingerprint density at radius 3 is 2.41 bits per heavy atom. The molecule has 4 atom stereocenters. The van der Waals surface area contributed by atoms with Crippen molar-refractivity contribution in [2.75, 3.05) is 11.9 Å². The van der Waals surface area contributed by atoms with Crippen LogP contribution in [0.4, 0.5) is 10.5 Å². The lowest BCUT2D eigenvalue weighted by atomic mass is 9.84. The lowest BCUT2D eigenvalue weighted by molar-refractivity contribution is -0.142. The number of amides is 3. The van der Waals surface area contributed by atoms with E-state index in [1.807, 2.05) is 18.2 Å². The molecular weight excluding hydrogens is 434 g/mol. The fourth-order valence-electron chi connectivity index (χ4n) is 6.13. The van der Waals surface area contributed by atoms with E-state index in [9.17, 15) is 14.7 Å². The molecule has 1 saturated heterocycles. The zero-order valence-electron chi connectivity index (χ0n) is 19.8. The number of anilines is 1. The quantitative estimate of drug-likeness (QED) is 0.507. The number of hydrogen-bond donors (Lipinski definition) is 4. The van der Waals surface area contributed by atoms with Gasteiger partial charge in [0, 0.05) is 29.3 Å². The lowest BCUT2D eigenvalue weighted by Crippen LogP contribution is -2.48. The van der Waals surface area contributed by atoms with Crippen LogP contribution < -0.4 is 20.7 Å². The van der Waals surface area contributed by atoms with Gasteiger partial charge in [-0.15, -0.1) is 0 Å². The molecule has 34 heavy (non-hydrogen) atoms. The topological polar surface area (TPSA) is 109 Å². The summed E-state index contributed by atoms with van der Waals surface area (Å²) >= 11 is 0. The monoisotopic (exact) mass is 471 g/mol. The lowest BCUT2D eigenvalue weighted by Gasteiger charge is -2.37. The first-order valence-electron chi connectivity index (χ1n) is 13.0. The van der Waals surface area contributed by atoms with E-state index in [0.717, 1.165) is 55.5 Å². The minimum Gasteiger partial charge on any atom is -0.487 e. The van der Waals surface area contributed by atoms with Crippen LogP contribution in [0.1, 0.15) is 82.1 Å². The summed E-state index contributed by atoms with van der Waals surface area (Å²) < 4.78 is 12.2. The van der Waals surface area contributed by atoms with Gasteiger partial charge in [0.25, 0.3) is 0 Å². The Kier molecular flexibility index (Phi) is 7.25. The highest BCUT2D eigenvalue weighted by atomic mass is 16.6. The van der Waals surface area contributed by atoms with Crippen molar-refractivity contribution in [3.8, 4) is 5.75 Å². The highest BCUT2D eigenvalue weighted by Crippen LogP contribution is 2.47. The predicted octanol–water partition coefficient (Wildman–Crippen LogP) is 3.58. The number of ether oxygens (including phenoxy) is 2. The van der Waals surface area contributed by atoms with Crippen LogP contribution in [0.2, 0.25) is 0 Å². The van der Waals surface area contributed by atoms with Gasteiger partial charge >= 0.3 is 6.03 Å². The zero-order chi connectivity index (χ0) is 23.5. The molecule has 1 aromatic carbocycles. The molecule has 0 radical (unpaired) electrons. The molecule has 0 unspecified atom stereocenters. The fourth-order valence-corrected chi connectivity index (χ4v) is 6.13. The third-order valence-corrected chi connectivity index (χ3v) is 7.83. The number of benzene rings is 1. The molecule has 2 heterocycles. The summed E-state index contributed by atoms with van der Waals surface area (Å²) in [5, 5.41) is 19.1. The van der Waals surface area contributed by atoms with Gasteiger partial charge in [0.2, 0.25) is 5.91 Å². The average Bonchev–Trinajstić information content (AvgIpc) is 3.47. The molecule has 186 valence electrons. The molecule has 0 bridgehead atoms. The molecule has 3 fully saturated rings. The van der Waals surface area contributed by atoms with Crippen LogP contribution in [0.15, 0.2) is 18.2 Å². The molecule has 8 heteroatoms. The fraction of sp³-hybridized carbons (Fsp3) is 0.692. The van der Waals surface area contributed by atoms with E-state index < -0.39 is 6.10 Å². The smallest absolute Gasteiger partial charge is 0.319 e. The van der Waals surface area contributed by atoms with Crippen LogP contribution in [0, 0.1) is 0 Å². The van der Waals surface area contributed by atoms with E-state index in [-0.39, 0.29) is 55.2 Å². The SMILES string of the molecule is O=C(C[C@H]1C[C@H]2c3cc(NC(=O)NC4CCCC4)ccc3O[C@H]2[C@H](CO)O1)NC1CCCCC1. The van der Waals surface area contributed by atoms with Gasteiger partial charge < -0.3 is 30.5 Å². The summed E-state index contributed by atoms with van der Waals surface area (Å²) in [6.45, 7) is -0.162. The van der Waals surface area contributed by atoms with Crippen molar-refractivity contribution in [3.63, 3.8) is 0 Å². The van der Waals surface area contributed by atoms with Crippen molar-refractivity contribution >= 4 is 17.6 Å². The molecule has 5 rings (SSSR count). The number of rotatable bonds is 6. The van der Waals surface area contributed by atoms with Gasteiger partial charge in [-0.05, 0) is 50.3 Å². The number of aliphatic hydroxyl groups is 1. The van der Waals surface area contributed by atoms with Crippen LogP contribution in [0.25, 0.3) is 0 Å². The molecule has 2 aliphatic heterocycles. The Bertz CT molecular complexity index is 881. The number of nitrogens with one attached hydrogen (secondary N) is 3. The van der Waals surface area contributed by atoms with Gasteiger partial charge in [-0.25, -0.2) is 4.79 Å². The van der Waals surface area contributed by atoms with E-state index in [1.54, 1.807) is 0 Å². The van der Waals surface area contributed by atoms with Gasteiger partial charge in [0.05, 0.1) is 19.1 Å². The summed E-state index contributed by atoms with van der Waals surface area (Å²) in [7, 11) is 0. The summed E-state index contributed by atoms with van der Waals surface area (Å²) in [6, 6.07) is 6.02. The minimum absolute atomic E-state index is 0.00743. The molecule has 4 aliphatic rings. The van der Waals surface area contributed by atoms with E-state index in [2.05, 4.69) is 16.0 Å². The first-order valence-corrected chi connectivity index (χ1v) is 13.0. The predicted molar refractivity (Wildman–Crippen MR) is 128 cm³/mol. The Morgan fingerprint density at radius 2 is 1.68 bits per heavy atom. The maximum Gasteiger partial charge on any atom is 0.319 e. The average molecular weight is 472 g/mol. The largest absolute Gasteiger partial charge is 0.487 e. The second-order valence-corrected chi connectivity index (χ2v) is 10.3. The molecule has 8 nitrogen and oxygen atoms in total. The number of carbonyl (C=O) groups excluding carboxylic acids is 2. The normalized spacial score (nSPS) is 29.1. The summed E-state index contributed by atoms with van der Waals surface area (Å²) in [4.78, 5) is 25.1. The third kappa shape index (κ3) is 5.33. The maximum atomic E-state index is 12.7. The van der Waals surface area contributed by atoms with Gasteiger partial charge in [-0.3, -0.25) is 4.79 Å². The summed E-state index contributed by atoms with van der Waals surface area (Å²) in [5.74, 6) is 0.782. The molecule has 2 aliphatic carbocycles. The summed E-state index contributed by atoms with van der Waals surface area (Å²) in [5.41, 5.74) is 1.72. The van der Waals surface area contributed by atoms with Crippen molar-refractivity contribution in [1.29, 1.82) is 0 Å². The van der Waals surface area contributed by atoms with Crippen LogP contribution in [0.5, 0.6) is 5.75 Å². The Labute approximate surface area is 201 Å². The first kappa shape index (κ1) is 23.4. The van der Waals surface area contributed by atoms with E-state index >= 15 is 0 Å². The molecule has 0 spiro atoms. The van der Waals surface area contributed by atoms with E-state index in [4.69, 9.17) is 9.47 Å². The molecule has 0 aromatic heterocycles. The van der Waals surface area contributed by atoms with Gasteiger partial charge in [0.1, 0.15) is 18.0 Å².